The van der Waals surface area contributed by atoms with E-state index in [1.165, 1.54) is 17.1 Å². The predicted octanol–water partition coefficient (Wildman–Crippen LogP) is 0.291. The van der Waals surface area contributed by atoms with Crippen LogP contribution in [0, 0.1) is 0 Å². The summed E-state index contributed by atoms with van der Waals surface area (Å²) in [5, 5.41) is 21.5. The number of aryl methyl sites for hydroxylation is 1. The number of nitrogens with one attached hydrogen (secondary N) is 2. The van der Waals surface area contributed by atoms with Crippen LogP contribution in [0.4, 0.5) is 5.69 Å². The summed E-state index contributed by atoms with van der Waals surface area (Å²) < 4.78 is 1.21. The monoisotopic (exact) mass is 278 g/mol. The molecule has 0 saturated heterocycles. The molecule has 2 heterocycles. The largest absolute Gasteiger partial charge is 0.480 e. The van der Waals surface area contributed by atoms with Crippen molar-refractivity contribution >= 4 is 17.6 Å². The van der Waals surface area contributed by atoms with E-state index in [1.54, 1.807) is 0 Å². The van der Waals surface area contributed by atoms with Crippen molar-refractivity contribution in [1.29, 1.82) is 0 Å². The molecule has 0 bridgehead atoms. The first-order chi connectivity index (χ1) is 9.58. The quantitative estimate of drug-likeness (QED) is 0.697. The molecule has 106 valence electrons. The molecule has 0 radical (unpaired) electrons. The third kappa shape index (κ3) is 3.40. The van der Waals surface area contributed by atoms with E-state index >= 15 is 0 Å². The minimum atomic E-state index is -1.01. The molecular formula is C11H14N6O3. The van der Waals surface area contributed by atoms with E-state index in [0.29, 0.717) is 11.5 Å². The van der Waals surface area contributed by atoms with Gasteiger partial charge >= 0.3 is 5.97 Å². The first-order valence-corrected chi connectivity index (χ1v) is 6.05. The van der Waals surface area contributed by atoms with E-state index in [0.717, 1.165) is 12.8 Å². The van der Waals surface area contributed by atoms with Gasteiger partial charge in [-0.3, -0.25) is 19.4 Å². The third-order valence-electron chi connectivity index (χ3n) is 2.41. The maximum absolute atomic E-state index is 11.9. The summed E-state index contributed by atoms with van der Waals surface area (Å²) in [6.45, 7) is 1.73. The number of carboxylic acid groups (broad SMARTS) is 1. The van der Waals surface area contributed by atoms with Crippen LogP contribution in [0.15, 0.2) is 12.4 Å². The molecule has 9 heteroatoms. The number of nitrogens with zero attached hydrogens (tertiary/aromatic N) is 4. The zero-order chi connectivity index (χ0) is 14.5. The Morgan fingerprint density at radius 1 is 1.50 bits per heavy atom. The second kappa shape index (κ2) is 5.95. The van der Waals surface area contributed by atoms with Gasteiger partial charge in [-0.15, -0.1) is 5.10 Å². The summed E-state index contributed by atoms with van der Waals surface area (Å²) >= 11 is 0. The minimum Gasteiger partial charge on any atom is -0.480 e. The molecular weight excluding hydrogens is 264 g/mol. The number of rotatable bonds is 6. The van der Waals surface area contributed by atoms with Gasteiger partial charge in [-0.25, -0.2) is 4.98 Å². The van der Waals surface area contributed by atoms with E-state index in [9.17, 15) is 9.59 Å². The van der Waals surface area contributed by atoms with Crippen molar-refractivity contribution in [2.24, 2.45) is 0 Å². The van der Waals surface area contributed by atoms with Gasteiger partial charge in [0.25, 0.3) is 5.91 Å². The number of amides is 1. The predicted molar refractivity (Wildman–Crippen MR) is 68.2 cm³/mol. The van der Waals surface area contributed by atoms with Crippen LogP contribution in [0.2, 0.25) is 0 Å². The average molecular weight is 278 g/mol. The lowest BCUT2D eigenvalue weighted by Crippen LogP contribution is -2.13. The number of carbonyl (C=O) groups excluding carboxylic acids is 1. The normalized spacial score (nSPS) is 10.4. The molecule has 0 saturated carbocycles. The fourth-order valence-electron chi connectivity index (χ4n) is 1.59. The number of aliphatic carboxylic acids is 1. The molecule has 1 amide bonds. The fourth-order valence-corrected chi connectivity index (χ4v) is 1.59. The molecule has 0 aliphatic rings. The Balaban J connectivity index is 1.99. The Bertz CT molecular complexity index is 617. The number of carboxylic acids is 1. The lowest BCUT2D eigenvalue weighted by atomic mass is 10.3. The number of H-pyrrole nitrogens is 1. The van der Waals surface area contributed by atoms with Gasteiger partial charge < -0.3 is 10.4 Å². The molecule has 20 heavy (non-hydrogen) atoms. The summed E-state index contributed by atoms with van der Waals surface area (Å²) in [5.41, 5.74) is 0.387. The number of aromatic nitrogens is 5. The van der Waals surface area contributed by atoms with Crippen molar-refractivity contribution in [2.75, 3.05) is 5.32 Å². The molecule has 2 aromatic heterocycles. The summed E-state index contributed by atoms with van der Waals surface area (Å²) in [5.74, 6) is -0.790. The van der Waals surface area contributed by atoms with Gasteiger partial charge in [0.2, 0.25) is 5.82 Å². The van der Waals surface area contributed by atoms with Gasteiger partial charge in [0, 0.05) is 12.6 Å². The van der Waals surface area contributed by atoms with Crippen LogP contribution in [-0.4, -0.2) is 41.9 Å². The zero-order valence-corrected chi connectivity index (χ0v) is 10.8. The van der Waals surface area contributed by atoms with Gasteiger partial charge in [-0.1, -0.05) is 6.92 Å². The Morgan fingerprint density at radius 3 is 3.00 bits per heavy atom. The van der Waals surface area contributed by atoms with Gasteiger partial charge in [-0.05, 0) is 6.42 Å². The first kappa shape index (κ1) is 13.7. The van der Waals surface area contributed by atoms with Gasteiger partial charge in [0.15, 0.2) is 0 Å². The number of carbonyl (C=O) groups is 2. The van der Waals surface area contributed by atoms with Crippen LogP contribution in [0.25, 0.3) is 0 Å². The van der Waals surface area contributed by atoms with E-state index in [-0.39, 0.29) is 12.4 Å². The molecule has 0 spiro atoms. The lowest BCUT2D eigenvalue weighted by molar-refractivity contribution is -0.137. The highest BCUT2D eigenvalue weighted by Crippen LogP contribution is 2.06. The molecule has 3 N–H and O–H groups in total. The second-order valence-electron chi connectivity index (χ2n) is 4.13. The highest BCUT2D eigenvalue weighted by Gasteiger charge is 2.13. The van der Waals surface area contributed by atoms with E-state index in [2.05, 4.69) is 25.6 Å². The van der Waals surface area contributed by atoms with E-state index in [4.69, 9.17) is 5.11 Å². The third-order valence-corrected chi connectivity index (χ3v) is 2.41. The van der Waals surface area contributed by atoms with Gasteiger partial charge in [0.05, 0.1) is 11.9 Å². The summed E-state index contributed by atoms with van der Waals surface area (Å²) in [6, 6.07) is 0. The molecule has 0 unspecified atom stereocenters. The van der Waals surface area contributed by atoms with Crippen molar-refractivity contribution in [2.45, 2.75) is 26.3 Å². The molecule has 0 aromatic carbocycles. The van der Waals surface area contributed by atoms with Crippen LogP contribution in [-0.2, 0) is 17.8 Å². The number of aromatic amines is 1. The maximum atomic E-state index is 11.9. The van der Waals surface area contributed by atoms with Crippen molar-refractivity contribution in [3.05, 3.63) is 24.0 Å². The average Bonchev–Trinajstić information content (AvgIpc) is 2.99. The lowest BCUT2D eigenvalue weighted by Gasteiger charge is -1.97. The Morgan fingerprint density at radius 2 is 2.30 bits per heavy atom. The number of hydrogen-bond acceptors (Lipinski definition) is 5. The summed E-state index contributed by atoms with van der Waals surface area (Å²) in [6.07, 6.45) is 4.40. The van der Waals surface area contributed by atoms with Crippen molar-refractivity contribution < 1.29 is 14.7 Å². The van der Waals surface area contributed by atoms with Crippen LogP contribution < -0.4 is 5.32 Å². The highest BCUT2D eigenvalue weighted by molar-refractivity contribution is 6.01. The molecule has 0 fully saturated rings. The molecule has 0 atom stereocenters. The maximum Gasteiger partial charge on any atom is 0.325 e. The van der Waals surface area contributed by atoms with Crippen LogP contribution in [0.3, 0.4) is 0 Å². The number of anilines is 1. The van der Waals surface area contributed by atoms with Crippen LogP contribution >= 0.6 is 0 Å². The molecule has 2 aromatic rings. The second-order valence-corrected chi connectivity index (χ2v) is 4.13. The Hall–Kier alpha value is -2.71. The van der Waals surface area contributed by atoms with E-state index in [1.807, 2.05) is 6.92 Å². The van der Waals surface area contributed by atoms with Crippen molar-refractivity contribution in [3.63, 3.8) is 0 Å². The zero-order valence-electron chi connectivity index (χ0n) is 10.8. The highest BCUT2D eigenvalue weighted by atomic mass is 16.4. The standard InChI is InChI=1S/C11H14N6O3/c1-2-3-8-14-10(16-15-8)11(20)13-7-4-12-17(5-7)6-9(18)19/h4-5H,2-3,6H2,1H3,(H,13,20)(H,18,19)(H,14,15,16). The first-order valence-electron chi connectivity index (χ1n) is 6.05. The fraction of sp³-hybridized carbons (Fsp3) is 0.364. The Labute approximate surface area is 114 Å². The van der Waals surface area contributed by atoms with Crippen LogP contribution in [0.1, 0.15) is 29.8 Å². The molecule has 0 aliphatic carbocycles. The molecule has 2 rings (SSSR count). The molecule has 0 aliphatic heterocycles. The Kier molecular flexibility index (Phi) is 4.08. The van der Waals surface area contributed by atoms with Gasteiger partial charge in [0.1, 0.15) is 12.4 Å². The number of hydrogen-bond donors (Lipinski definition) is 3. The van der Waals surface area contributed by atoms with Crippen LogP contribution in [0.5, 0.6) is 0 Å². The smallest absolute Gasteiger partial charge is 0.325 e. The SMILES string of the molecule is CCCc1nc(C(=O)Nc2cnn(CC(=O)O)c2)n[nH]1. The minimum absolute atomic E-state index is 0.0411. The summed E-state index contributed by atoms with van der Waals surface area (Å²) in [7, 11) is 0. The van der Waals surface area contributed by atoms with Gasteiger partial charge in [-0.2, -0.15) is 5.10 Å². The summed E-state index contributed by atoms with van der Waals surface area (Å²) in [4.78, 5) is 26.4. The van der Waals surface area contributed by atoms with Crippen molar-refractivity contribution in [3.8, 4) is 0 Å². The molecule has 9 nitrogen and oxygen atoms in total. The van der Waals surface area contributed by atoms with E-state index < -0.39 is 11.9 Å². The topological polar surface area (TPSA) is 126 Å². The van der Waals surface area contributed by atoms with Crippen molar-refractivity contribution in [1.82, 2.24) is 25.0 Å².